The Morgan fingerprint density at radius 2 is 1.91 bits per heavy atom. The number of benzene rings is 1. The molecule has 2 aliphatic carbocycles. The fraction of sp³-hybridized carbons (Fsp3) is 0.417. The number of fused-ring (bicyclic) bond motifs is 4. The Balaban J connectivity index is 1.78. The number of phenolic OH excluding ortho intramolecular Hbond substituents is 1. The molecule has 178 valence electrons. The number of hydrogen-bond donors (Lipinski definition) is 2. The molecule has 5 rings (SSSR count). The van der Waals surface area contributed by atoms with E-state index in [-0.39, 0.29) is 30.0 Å². The minimum Gasteiger partial charge on any atom is -0.507 e. The number of carbonyl (C=O) groups excluding carboxylic acids is 4. The van der Waals surface area contributed by atoms with Gasteiger partial charge in [-0.25, -0.2) is 0 Å². The number of alkyl halides is 3. The molecule has 10 heteroatoms. The summed E-state index contributed by atoms with van der Waals surface area (Å²) in [5.74, 6) is -5.09. The lowest BCUT2D eigenvalue weighted by Crippen LogP contribution is -2.60. The van der Waals surface area contributed by atoms with Gasteiger partial charge in [-0.05, 0) is 30.7 Å². The molecule has 2 aliphatic heterocycles. The highest BCUT2D eigenvalue weighted by Gasteiger charge is 2.76. The van der Waals surface area contributed by atoms with Crippen LogP contribution < -0.4 is 5.32 Å². The van der Waals surface area contributed by atoms with Crippen molar-refractivity contribution in [1.29, 1.82) is 0 Å². The molecule has 2 N–H and O–H groups in total. The van der Waals surface area contributed by atoms with Gasteiger partial charge in [0.05, 0.1) is 17.3 Å². The Morgan fingerprint density at radius 3 is 2.59 bits per heavy atom. The monoisotopic (exact) mass is 566 g/mol. The standard InChI is InChI=1S/C24H21BrCl2N2O5/c1-2-4-11-5-3-6-14(18(11)30)17-12-7-8-13-16(20(32)28-19(13)31)15(12)9-23(26)21(33)29(10-25)22(34)24(17,23)27/h2-3,5-7,13,15-17,30H,1,4,8-10H2,(H,28,31,32). The molecule has 2 saturated heterocycles. The number of imide groups is 2. The number of aromatic hydroxyl groups is 1. The minimum atomic E-state index is -1.93. The Hall–Kier alpha value is -2.16. The van der Waals surface area contributed by atoms with Crippen molar-refractivity contribution in [3.8, 4) is 5.75 Å². The topological polar surface area (TPSA) is 104 Å². The molecular weight excluding hydrogens is 547 g/mol. The van der Waals surface area contributed by atoms with Crippen LogP contribution in [0, 0.1) is 17.8 Å². The van der Waals surface area contributed by atoms with E-state index in [1.54, 1.807) is 24.3 Å². The number of para-hydroxylation sites is 1. The van der Waals surface area contributed by atoms with Gasteiger partial charge in [-0.3, -0.25) is 29.4 Å². The molecule has 6 atom stereocenters. The first-order valence-electron chi connectivity index (χ1n) is 10.9. The number of rotatable bonds is 4. The van der Waals surface area contributed by atoms with Crippen molar-refractivity contribution in [1.82, 2.24) is 10.2 Å². The SMILES string of the molecule is C=CCc1cccc(C2C3=CCC4C(=O)NC(=O)C4C3CC3(Cl)C(=O)N(CBr)C(=O)C23Cl)c1O. The van der Waals surface area contributed by atoms with E-state index in [1.807, 2.05) is 6.08 Å². The third-order valence-electron chi connectivity index (χ3n) is 7.68. The molecule has 2 heterocycles. The molecule has 7 nitrogen and oxygen atoms in total. The van der Waals surface area contributed by atoms with Crippen molar-refractivity contribution >= 4 is 62.8 Å². The van der Waals surface area contributed by atoms with E-state index in [4.69, 9.17) is 23.2 Å². The molecule has 1 aromatic rings. The van der Waals surface area contributed by atoms with Gasteiger partial charge in [0, 0.05) is 11.5 Å². The fourth-order valence-corrected chi connectivity index (χ4v) is 7.59. The van der Waals surface area contributed by atoms with Crippen molar-refractivity contribution in [2.24, 2.45) is 17.8 Å². The van der Waals surface area contributed by atoms with Gasteiger partial charge in [-0.2, -0.15) is 0 Å². The van der Waals surface area contributed by atoms with Crippen LogP contribution in [-0.4, -0.2) is 48.8 Å². The molecule has 34 heavy (non-hydrogen) atoms. The van der Waals surface area contributed by atoms with E-state index in [2.05, 4.69) is 27.8 Å². The quantitative estimate of drug-likeness (QED) is 0.252. The molecule has 3 fully saturated rings. The van der Waals surface area contributed by atoms with Crippen molar-refractivity contribution in [3.05, 3.63) is 53.6 Å². The van der Waals surface area contributed by atoms with Crippen molar-refractivity contribution in [2.75, 3.05) is 5.45 Å². The summed E-state index contributed by atoms with van der Waals surface area (Å²) < 4.78 is 0. The highest BCUT2D eigenvalue weighted by Crippen LogP contribution is 2.65. The van der Waals surface area contributed by atoms with Gasteiger partial charge >= 0.3 is 0 Å². The number of allylic oxidation sites excluding steroid dienone is 3. The van der Waals surface area contributed by atoms with Gasteiger partial charge in [0.25, 0.3) is 11.8 Å². The van der Waals surface area contributed by atoms with E-state index in [0.717, 1.165) is 4.90 Å². The first kappa shape index (κ1) is 23.6. The second kappa shape index (κ2) is 7.93. The van der Waals surface area contributed by atoms with Crippen LogP contribution in [0.15, 0.2) is 42.5 Å². The summed E-state index contributed by atoms with van der Waals surface area (Å²) in [5.41, 5.74) is 1.46. The summed E-state index contributed by atoms with van der Waals surface area (Å²) in [6, 6.07) is 5.11. The number of hydrogen-bond acceptors (Lipinski definition) is 5. The molecule has 0 aromatic heterocycles. The highest BCUT2D eigenvalue weighted by molar-refractivity contribution is 9.09. The van der Waals surface area contributed by atoms with Crippen LogP contribution in [0.4, 0.5) is 0 Å². The van der Waals surface area contributed by atoms with E-state index in [1.165, 1.54) is 0 Å². The Morgan fingerprint density at radius 1 is 1.18 bits per heavy atom. The maximum atomic E-state index is 13.6. The highest BCUT2D eigenvalue weighted by atomic mass is 79.9. The van der Waals surface area contributed by atoms with Crippen LogP contribution in [0.25, 0.3) is 0 Å². The molecule has 6 unspecified atom stereocenters. The second-order valence-electron chi connectivity index (χ2n) is 9.19. The lowest BCUT2D eigenvalue weighted by Gasteiger charge is -2.50. The smallest absolute Gasteiger partial charge is 0.254 e. The molecule has 0 spiro atoms. The van der Waals surface area contributed by atoms with Crippen molar-refractivity contribution in [2.45, 2.75) is 34.9 Å². The molecule has 1 saturated carbocycles. The second-order valence-corrected chi connectivity index (χ2v) is 10.9. The first-order valence-corrected chi connectivity index (χ1v) is 12.8. The lowest BCUT2D eigenvalue weighted by molar-refractivity contribution is -0.138. The normalized spacial score (nSPS) is 36.6. The lowest BCUT2D eigenvalue weighted by atomic mass is 9.56. The van der Waals surface area contributed by atoms with Crippen LogP contribution >= 0.6 is 39.1 Å². The molecule has 1 aromatic carbocycles. The maximum absolute atomic E-state index is 13.6. The number of amides is 4. The number of nitrogens with zero attached hydrogens (tertiary/aromatic N) is 1. The summed E-state index contributed by atoms with van der Waals surface area (Å²) in [7, 11) is 0. The van der Waals surface area contributed by atoms with E-state index >= 15 is 0 Å². The van der Waals surface area contributed by atoms with Gasteiger partial charge in [0.15, 0.2) is 9.75 Å². The molecule has 0 bridgehead atoms. The summed E-state index contributed by atoms with van der Waals surface area (Å²) in [4.78, 5) is 49.4. The van der Waals surface area contributed by atoms with E-state index in [9.17, 15) is 24.3 Å². The largest absolute Gasteiger partial charge is 0.507 e. The number of carbonyl (C=O) groups is 4. The van der Waals surface area contributed by atoms with Gasteiger partial charge in [-0.1, -0.05) is 51.9 Å². The van der Waals surface area contributed by atoms with E-state index < -0.39 is 51.1 Å². The third kappa shape index (κ3) is 2.82. The molecule has 4 amide bonds. The number of phenols is 1. The minimum absolute atomic E-state index is 0.0698. The fourth-order valence-electron chi connectivity index (χ4n) is 6.17. The first-order chi connectivity index (χ1) is 16.1. The Bertz CT molecular complexity index is 1200. The average molecular weight is 568 g/mol. The van der Waals surface area contributed by atoms with Crippen LogP contribution in [0.5, 0.6) is 5.75 Å². The molecular formula is C24H21BrCl2N2O5. The number of halogens is 3. The Kier molecular flexibility index (Phi) is 5.50. The summed E-state index contributed by atoms with van der Waals surface area (Å²) in [6.45, 7) is 3.72. The molecule has 0 radical (unpaired) electrons. The summed E-state index contributed by atoms with van der Waals surface area (Å²) in [5, 5.41) is 13.6. The predicted octanol–water partition coefficient (Wildman–Crippen LogP) is 3.12. The van der Waals surface area contributed by atoms with Crippen LogP contribution in [0.3, 0.4) is 0 Å². The van der Waals surface area contributed by atoms with E-state index in [0.29, 0.717) is 23.1 Å². The van der Waals surface area contributed by atoms with Crippen molar-refractivity contribution < 1.29 is 24.3 Å². The zero-order valence-electron chi connectivity index (χ0n) is 17.9. The zero-order chi connectivity index (χ0) is 24.6. The van der Waals surface area contributed by atoms with Gasteiger partial charge in [0.1, 0.15) is 5.75 Å². The predicted molar refractivity (Wildman–Crippen MR) is 129 cm³/mol. The van der Waals surface area contributed by atoms with Crippen LogP contribution in [0.1, 0.15) is 29.9 Å². The van der Waals surface area contributed by atoms with Gasteiger partial charge in [-0.15, -0.1) is 29.8 Å². The van der Waals surface area contributed by atoms with Crippen LogP contribution in [0.2, 0.25) is 0 Å². The summed E-state index contributed by atoms with van der Waals surface area (Å²) in [6.07, 6.45) is 4.04. The van der Waals surface area contributed by atoms with Crippen molar-refractivity contribution in [3.63, 3.8) is 0 Å². The third-order valence-corrected chi connectivity index (χ3v) is 9.60. The molecule has 4 aliphatic rings. The number of likely N-dealkylation sites (tertiary alicyclic amines) is 1. The average Bonchev–Trinajstić information content (AvgIpc) is 3.17. The zero-order valence-corrected chi connectivity index (χ0v) is 21.0. The Labute approximate surface area is 214 Å². The van der Waals surface area contributed by atoms with Crippen LogP contribution in [-0.2, 0) is 25.6 Å². The summed E-state index contributed by atoms with van der Waals surface area (Å²) >= 11 is 17.4. The van der Waals surface area contributed by atoms with Gasteiger partial charge < -0.3 is 5.11 Å². The number of nitrogens with one attached hydrogen (secondary N) is 1. The van der Waals surface area contributed by atoms with Gasteiger partial charge in [0.2, 0.25) is 11.8 Å². The maximum Gasteiger partial charge on any atom is 0.254 e.